The summed E-state index contributed by atoms with van der Waals surface area (Å²) in [6.45, 7) is 3.49. The van der Waals surface area contributed by atoms with Crippen LogP contribution in [0.4, 0.5) is 15.5 Å². The Kier molecular flexibility index (Phi) is 9.11. The van der Waals surface area contributed by atoms with E-state index >= 15 is 0 Å². The van der Waals surface area contributed by atoms with E-state index in [4.69, 9.17) is 28.1 Å². The summed E-state index contributed by atoms with van der Waals surface area (Å²) in [4.78, 5) is 40.5. The molecule has 1 aromatic heterocycles. The lowest BCUT2D eigenvalue weighted by molar-refractivity contribution is -0.120. The lowest BCUT2D eigenvalue weighted by Crippen LogP contribution is -2.53. The van der Waals surface area contributed by atoms with Crippen LogP contribution in [0, 0.1) is 5.92 Å². The number of urea groups is 1. The first-order chi connectivity index (χ1) is 17.4. The molecule has 2 aromatic rings. The fourth-order valence-electron chi connectivity index (χ4n) is 4.73. The van der Waals surface area contributed by atoms with E-state index < -0.39 is 23.9 Å². The molecule has 1 atom stereocenters. The molecule has 3 N–H and O–H groups in total. The van der Waals surface area contributed by atoms with E-state index in [1.807, 2.05) is 0 Å². The van der Waals surface area contributed by atoms with E-state index in [9.17, 15) is 14.4 Å². The predicted octanol–water partition coefficient (Wildman–Crippen LogP) is 5.13. The zero-order valence-electron chi connectivity index (χ0n) is 20.1. The molecule has 11 heteroatoms. The molecule has 2 heterocycles. The highest BCUT2D eigenvalue weighted by Crippen LogP contribution is 2.38. The Morgan fingerprint density at radius 1 is 1.17 bits per heavy atom. The maximum absolute atomic E-state index is 13.5. The Morgan fingerprint density at radius 3 is 2.56 bits per heavy atom. The number of piperidine rings is 1. The molecule has 0 bridgehead atoms. The number of anilines is 2. The van der Waals surface area contributed by atoms with Crippen LogP contribution in [0.3, 0.4) is 0 Å². The number of nitrogens with zero attached hydrogens (tertiary/aromatic N) is 1. The monoisotopic (exact) mass is 552 g/mol. The second kappa shape index (κ2) is 12.3. The summed E-state index contributed by atoms with van der Waals surface area (Å²) in [6, 6.07) is 5.19. The number of carbonyl (C=O) groups excluding carboxylic acids is 3. The van der Waals surface area contributed by atoms with Crippen molar-refractivity contribution in [1.82, 2.24) is 10.6 Å². The van der Waals surface area contributed by atoms with Crippen molar-refractivity contribution in [3.63, 3.8) is 0 Å². The molecular weight excluding hydrogens is 523 g/mol. The average molecular weight is 554 g/mol. The third kappa shape index (κ3) is 6.14. The van der Waals surface area contributed by atoms with Crippen molar-refractivity contribution in [3.8, 4) is 0 Å². The number of rotatable bonds is 7. The van der Waals surface area contributed by atoms with Gasteiger partial charge in [0.05, 0.1) is 17.9 Å². The fourth-order valence-corrected chi connectivity index (χ4v) is 6.35. The van der Waals surface area contributed by atoms with Crippen LogP contribution >= 0.6 is 34.7 Å². The summed E-state index contributed by atoms with van der Waals surface area (Å²) < 4.78 is 6.30. The fraction of sp³-hybridized carbons (Fsp3) is 0.480. The maximum atomic E-state index is 13.5. The molecule has 1 saturated heterocycles. The number of carbonyl (C=O) groups is 3. The molecule has 4 rings (SSSR count). The highest BCUT2D eigenvalue weighted by Gasteiger charge is 2.35. The summed E-state index contributed by atoms with van der Waals surface area (Å²) in [6.07, 6.45) is 5.11. The minimum absolute atomic E-state index is 0.0980. The van der Waals surface area contributed by atoms with E-state index in [1.165, 1.54) is 11.3 Å². The van der Waals surface area contributed by atoms with Crippen LogP contribution in [0.5, 0.6) is 0 Å². The van der Waals surface area contributed by atoms with Crippen molar-refractivity contribution >= 4 is 63.3 Å². The number of hydrogen-bond donors (Lipinski definition) is 3. The first-order valence-electron chi connectivity index (χ1n) is 12.2. The summed E-state index contributed by atoms with van der Waals surface area (Å²) in [7, 11) is 0. The van der Waals surface area contributed by atoms with Crippen molar-refractivity contribution in [3.05, 3.63) is 45.3 Å². The lowest BCUT2D eigenvalue weighted by atomic mass is 9.89. The number of benzene rings is 1. The normalized spacial score (nSPS) is 16.5. The second-order valence-corrected chi connectivity index (χ2v) is 10.8. The third-order valence-corrected chi connectivity index (χ3v) is 8.35. The summed E-state index contributed by atoms with van der Waals surface area (Å²) in [5.74, 6) is -0.968. The first kappa shape index (κ1) is 26.7. The van der Waals surface area contributed by atoms with Gasteiger partial charge in [-0.2, -0.15) is 0 Å². The molecule has 1 aromatic carbocycles. The van der Waals surface area contributed by atoms with Crippen molar-refractivity contribution < 1.29 is 19.1 Å². The van der Waals surface area contributed by atoms with E-state index in [0.29, 0.717) is 34.1 Å². The highest BCUT2D eigenvalue weighted by molar-refractivity contribution is 7.17. The first-order valence-corrected chi connectivity index (χ1v) is 13.8. The Balaban J connectivity index is 1.55. The van der Waals surface area contributed by atoms with Gasteiger partial charge in [0.2, 0.25) is 0 Å². The van der Waals surface area contributed by atoms with Crippen molar-refractivity contribution in [2.24, 2.45) is 5.92 Å². The molecule has 194 valence electrons. The largest absolute Gasteiger partial charge is 0.462 e. The second-order valence-electron chi connectivity index (χ2n) is 8.89. The van der Waals surface area contributed by atoms with Gasteiger partial charge >= 0.3 is 12.0 Å². The molecule has 1 aliphatic carbocycles. The molecule has 2 aliphatic rings. The van der Waals surface area contributed by atoms with Gasteiger partial charge in [0.1, 0.15) is 11.0 Å². The Bertz CT molecular complexity index is 1100. The summed E-state index contributed by atoms with van der Waals surface area (Å²) in [5.41, 5.74) is 1.85. The zero-order valence-corrected chi connectivity index (χ0v) is 22.4. The van der Waals surface area contributed by atoms with E-state index in [0.717, 1.165) is 53.6 Å². The molecule has 1 fully saturated rings. The van der Waals surface area contributed by atoms with Gasteiger partial charge < -0.3 is 15.4 Å². The van der Waals surface area contributed by atoms with Gasteiger partial charge in [-0.1, -0.05) is 11.6 Å². The van der Waals surface area contributed by atoms with Gasteiger partial charge in [-0.3, -0.25) is 10.1 Å². The zero-order chi connectivity index (χ0) is 25.7. The van der Waals surface area contributed by atoms with Crippen LogP contribution in [-0.4, -0.2) is 43.6 Å². The van der Waals surface area contributed by atoms with Gasteiger partial charge in [0.25, 0.3) is 5.91 Å². The van der Waals surface area contributed by atoms with Gasteiger partial charge in [-0.05, 0) is 94.3 Å². The molecule has 0 saturated carbocycles. The van der Waals surface area contributed by atoms with E-state index in [1.54, 1.807) is 31.2 Å². The van der Waals surface area contributed by atoms with Gasteiger partial charge in [-0.15, -0.1) is 11.3 Å². The average Bonchev–Trinajstić information content (AvgIpc) is 3.25. The smallest absolute Gasteiger partial charge is 0.341 e. The van der Waals surface area contributed by atoms with Crippen molar-refractivity contribution in [2.45, 2.75) is 51.5 Å². The molecular formula is C25H30Cl2N4O4S. The van der Waals surface area contributed by atoms with Gasteiger partial charge in [0.15, 0.2) is 0 Å². The quantitative estimate of drug-likeness (QED) is 0.326. The maximum Gasteiger partial charge on any atom is 0.341 e. The number of fused-ring (bicyclic) bond motifs is 1. The molecule has 36 heavy (non-hydrogen) atoms. The van der Waals surface area contributed by atoms with Gasteiger partial charge in [0, 0.05) is 21.7 Å². The summed E-state index contributed by atoms with van der Waals surface area (Å²) >= 11 is 13.8. The van der Waals surface area contributed by atoms with Crippen LogP contribution < -0.4 is 20.4 Å². The van der Waals surface area contributed by atoms with Crippen molar-refractivity contribution in [1.29, 1.82) is 0 Å². The van der Waals surface area contributed by atoms with Crippen LogP contribution in [0.15, 0.2) is 24.3 Å². The number of nitrogens with one attached hydrogen (secondary N) is 3. The van der Waals surface area contributed by atoms with Crippen LogP contribution in [-0.2, 0) is 22.4 Å². The Labute approximate surface area is 224 Å². The van der Waals surface area contributed by atoms with E-state index in [-0.39, 0.29) is 12.5 Å². The van der Waals surface area contributed by atoms with Crippen LogP contribution in [0.1, 0.15) is 53.4 Å². The number of amides is 3. The van der Waals surface area contributed by atoms with Crippen molar-refractivity contribution in [2.75, 3.05) is 29.4 Å². The molecule has 0 spiro atoms. The number of halogens is 2. The SMILES string of the molecule is CCOC(=O)c1c(NC(=O)NC(C(=O)N(Cl)c2ccc(Cl)cc2)C2CCNCC2)sc2c1CCCC2. The Morgan fingerprint density at radius 2 is 1.86 bits per heavy atom. The molecule has 3 amide bonds. The molecule has 8 nitrogen and oxygen atoms in total. The van der Waals surface area contributed by atoms with E-state index in [2.05, 4.69) is 16.0 Å². The molecule has 1 unspecified atom stereocenters. The Hall–Kier alpha value is -2.33. The third-order valence-electron chi connectivity index (χ3n) is 6.53. The number of ether oxygens (including phenoxy) is 1. The minimum Gasteiger partial charge on any atom is -0.462 e. The summed E-state index contributed by atoms with van der Waals surface area (Å²) in [5, 5.41) is 9.95. The number of aryl methyl sites for hydroxylation is 1. The highest BCUT2D eigenvalue weighted by atomic mass is 35.5. The number of thiophene rings is 1. The topological polar surface area (TPSA) is 99.8 Å². The van der Waals surface area contributed by atoms with Crippen LogP contribution in [0.25, 0.3) is 0 Å². The number of esters is 1. The molecule has 1 aliphatic heterocycles. The van der Waals surface area contributed by atoms with Gasteiger partial charge in [-0.25, -0.2) is 14.0 Å². The van der Waals surface area contributed by atoms with Crippen LogP contribution in [0.2, 0.25) is 5.02 Å². The minimum atomic E-state index is -0.846. The lowest BCUT2D eigenvalue weighted by Gasteiger charge is -2.32. The standard InChI is InChI=1S/C25H30Cl2N4O4S/c1-2-35-24(33)20-18-5-3-4-6-19(18)36-22(20)30-25(34)29-21(15-11-13-28-14-12-15)23(32)31(27)17-9-7-16(26)8-10-17/h7-10,15,21,28H,2-6,11-14H2,1H3,(H2,29,30,34). The number of hydrogen-bond acceptors (Lipinski definition) is 6. The predicted molar refractivity (Wildman–Crippen MR) is 143 cm³/mol. The molecule has 0 radical (unpaired) electrons.